The van der Waals surface area contributed by atoms with Crippen LogP contribution in [0.5, 0.6) is 5.75 Å². The van der Waals surface area contributed by atoms with Gasteiger partial charge in [0.15, 0.2) is 11.6 Å². The molecule has 1 N–H and O–H groups in total. The van der Waals surface area contributed by atoms with Gasteiger partial charge < -0.3 is 9.47 Å². The summed E-state index contributed by atoms with van der Waals surface area (Å²) in [6, 6.07) is 0.329. The summed E-state index contributed by atoms with van der Waals surface area (Å²) in [5.74, 6) is -2.37. The van der Waals surface area contributed by atoms with Crippen LogP contribution >= 0.6 is 11.6 Å². The Bertz CT molecular complexity index is 723. The van der Waals surface area contributed by atoms with E-state index in [4.69, 9.17) is 16.3 Å². The lowest BCUT2D eigenvalue weighted by atomic mass is 10.2. The monoisotopic (exact) mass is 393 g/mol. The number of ether oxygens (including phenoxy) is 2. The third-order valence-corrected chi connectivity index (χ3v) is 4.21. The van der Waals surface area contributed by atoms with E-state index in [1.807, 2.05) is 0 Å². The quantitative estimate of drug-likeness (QED) is 0.593. The molecule has 0 heterocycles. The van der Waals surface area contributed by atoms with Gasteiger partial charge in [0.25, 0.3) is 0 Å². The zero-order chi connectivity index (χ0) is 18.7. The molecule has 136 valence electrons. The number of halogens is 5. The maximum Gasteiger partial charge on any atom is 0.511 e. The van der Waals surface area contributed by atoms with Gasteiger partial charge in [-0.25, -0.2) is 22.3 Å². The Morgan fingerprint density at radius 1 is 1.38 bits per heavy atom. The molecule has 0 bridgehead atoms. The maximum atomic E-state index is 13.7. The average molecular weight is 394 g/mol. The molecule has 0 saturated heterocycles. The van der Waals surface area contributed by atoms with E-state index in [0.717, 1.165) is 26.2 Å². The summed E-state index contributed by atoms with van der Waals surface area (Å²) >= 11 is 5.66. The third-order valence-electron chi connectivity index (χ3n) is 2.58. The summed E-state index contributed by atoms with van der Waals surface area (Å²) in [6.07, 6.45) is 0. The Hall–Kier alpha value is -1.59. The number of hydrogen-bond acceptors (Lipinski definition) is 5. The first-order valence-corrected chi connectivity index (χ1v) is 8.04. The highest BCUT2D eigenvalue weighted by molar-refractivity contribution is 7.90. The van der Waals surface area contributed by atoms with Crippen LogP contribution in [0.2, 0.25) is 5.02 Å². The topological polar surface area (TPSA) is 81.7 Å². The first-order chi connectivity index (χ1) is 10.9. The van der Waals surface area contributed by atoms with Crippen LogP contribution < -0.4 is 9.46 Å². The summed E-state index contributed by atoms with van der Waals surface area (Å²) in [5.41, 5.74) is -5.70. The van der Waals surface area contributed by atoms with Crippen LogP contribution in [-0.4, -0.2) is 39.7 Å². The Labute approximate surface area is 139 Å². The molecular weight excluding hydrogens is 382 g/mol. The standard InChI is InChI=1S/C12H12ClF4NO5S/c1-6(18-24(20,21)12(15,16)17)5-23-10-3-7(11(19)22-2)8(13)4-9(10)14/h3-4,6,18H,5H2,1-2H3/t6-/m0/s1. The van der Waals surface area contributed by atoms with Crippen LogP contribution in [0.25, 0.3) is 0 Å². The van der Waals surface area contributed by atoms with Gasteiger partial charge in [-0.1, -0.05) is 11.6 Å². The lowest BCUT2D eigenvalue weighted by molar-refractivity contribution is -0.0451. The van der Waals surface area contributed by atoms with E-state index < -0.39 is 45.7 Å². The van der Waals surface area contributed by atoms with Crippen molar-refractivity contribution in [2.75, 3.05) is 13.7 Å². The molecule has 1 aromatic carbocycles. The zero-order valence-corrected chi connectivity index (χ0v) is 13.9. The lowest BCUT2D eigenvalue weighted by Crippen LogP contribution is -2.43. The van der Waals surface area contributed by atoms with Crippen molar-refractivity contribution < 1.29 is 40.2 Å². The number of methoxy groups -OCH3 is 1. The molecule has 12 heteroatoms. The fourth-order valence-corrected chi connectivity index (χ4v) is 2.45. The summed E-state index contributed by atoms with van der Waals surface area (Å²) in [5, 5.41) is -0.252. The van der Waals surface area contributed by atoms with Crippen LogP contribution in [0.4, 0.5) is 17.6 Å². The van der Waals surface area contributed by atoms with E-state index in [1.54, 1.807) is 0 Å². The molecular formula is C12H12ClF4NO5S. The predicted octanol–water partition coefficient (Wildman–Crippen LogP) is 2.47. The lowest BCUT2D eigenvalue weighted by Gasteiger charge is -2.17. The number of esters is 1. The highest BCUT2D eigenvalue weighted by Crippen LogP contribution is 2.27. The van der Waals surface area contributed by atoms with Gasteiger partial charge in [0.1, 0.15) is 6.61 Å². The van der Waals surface area contributed by atoms with E-state index in [1.165, 1.54) is 4.72 Å². The van der Waals surface area contributed by atoms with E-state index in [2.05, 4.69) is 4.74 Å². The van der Waals surface area contributed by atoms with Crippen molar-refractivity contribution in [2.24, 2.45) is 0 Å². The van der Waals surface area contributed by atoms with Crippen LogP contribution in [0, 0.1) is 5.82 Å². The highest BCUT2D eigenvalue weighted by atomic mass is 35.5. The Balaban J connectivity index is 2.86. The SMILES string of the molecule is COC(=O)c1cc(OC[C@H](C)NS(=O)(=O)C(F)(F)F)c(F)cc1Cl. The molecule has 0 aliphatic rings. The van der Waals surface area contributed by atoms with Crippen LogP contribution in [0.1, 0.15) is 17.3 Å². The highest BCUT2D eigenvalue weighted by Gasteiger charge is 2.46. The summed E-state index contributed by atoms with van der Waals surface area (Å²) in [7, 11) is -4.50. The summed E-state index contributed by atoms with van der Waals surface area (Å²) in [4.78, 5) is 11.4. The van der Waals surface area contributed by atoms with Crippen molar-refractivity contribution in [2.45, 2.75) is 18.5 Å². The van der Waals surface area contributed by atoms with Gasteiger partial charge in [0, 0.05) is 0 Å². The van der Waals surface area contributed by atoms with Crippen molar-refractivity contribution in [1.82, 2.24) is 4.72 Å². The molecule has 0 amide bonds. The Morgan fingerprint density at radius 2 is 1.96 bits per heavy atom. The number of nitrogens with one attached hydrogen (secondary N) is 1. The first kappa shape index (κ1) is 20.5. The first-order valence-electron chi connectivity index (χ1n) is 6.17. The molecule has 0 radical (unpaired) electrons. The zero-order valence-electron chi connectivity index (χ0n) is 12.3. The van der Waals surface area contributed by atoms with Gasteiger partial charge in [-0.3, -0.25) is 0 Å². The molecule has 24 heavy (non-hydrogen) atoms. The van der Waals surface area contributed by atoms with Crippen molar-refractivity contribution >= 4 is 27.6 Å². The fraction of sp³-hybridized carbons (Fsp3) is 0.417. The van der Waals surface area contributed by atoms with E-state index >= 15 is 0 Å². The molecule has 0 aliphatic heterocycles. The molecule has 1 rings (SSSR count). The molecule has 0 saturated carbocycles. The third kappa shape index (κ3) is 4.95. The van der Waals surface area contributed by atoms with Crippen molar-refractivity contribution in [3.63, 3.8) is 0 Å². The number of carbonyl (C=O) groups is 1. The minimum Gasteiger partial charge on any atom is -0.489 e. The second-order valence-corrected chi connectivity index (χ2v) is 6.65. The average Bonchev–Trinajstić information content (AvgIpc) is 2.43. The molecule has 1 aromatic rings. The van der Waals surface area contributed by atoms with E-state index in [0.29, 0.717) is 0 Å². The minimum atomic E-state index is -5.56. The summed E-state index contributed by atoms with van der Waals surface area (Å²) < 4.78 is 82.9. The Kier molecular flexibility index (Phi) is 6.42. The van der Waals surface area contributed by atoms with Crippen LogP contribution in [0.15, 0.2) is 12.1 Å². The molecule has 0 spiro atoms. The molecule has 0 aromatic heterocycles. The van der Waals surface area contributed by atoms with Gasteiger partial charge in [0.2, 0.25) is 0 Å². The number of rotatable bonds is 6. The largest absolute Gasteiger partial charge is 0.511 e. The van der Waals surface area contributed by atoms with Crippen LogP contribution in [0.3, 0.4) is 0 Å². The number of alkyl halides is 3. The number of hydrogen-bond donors (Lipinski definition) is 1. The molecule has 0 fully saturated rings. The number of carbonyl (C=O) groups excluding carboxylic acids is 1. The van der Waals surface area contributed by atoms with Gasteiger partial charge in [-0.2, -0.15) is 13.2 Å². The smallest absolute Gasteiger partial charge is 0.489 e. The maximum absolute atomic E-state index is 13.7. The second-order valence-electron chi connectivity index (χ2n) is 4.53. The molecule has 0 aliphatic carbocycles. The van der Waals surface area contributed by atoms with Gasteiger partial charge >= 0.3 is 21.5 Å². The van der Waals surface area contributed by atoms with Crippen LogP contribution in [-0.2, 0) is 14.8 Å². The molecule has 6 nitrogen and oxygen atoms in total. The normalized spacial score (nSPS) is 13.5. The van der Waals surface area contributed by atoms with Gasteiger partial charge in [-0.15, -0.1) is 0 Å². The number of benzene rings is 1. The van der Waals surface area contributed by atoms with Gasteiger partial charge in [-0.05, 0) is 19.1 Å². The summed E-state index contributed by atoms with van der Waals surface area (Å²) in [6.45, 7) is 0.451. The van der Waals surface area contributed by atoms with Crippen molar-refractivity contribution in [3.05, 3.63) is 28.5 Å². The molecule has 0 unspecified atom stereocenters. The van der Waals surface area contributed by atoms with E-state index in [9.17, 15) is 30.8 Å². The van der Waals surface area contributed by atoms with Crippen molar-refractivity contribution in [1.29, 1.82) is 0 Å². The van der Waals surface area contributed by atoms with Crippen molar-refractivity contribution in [3.8, 4) is 5.75 Å². The minimum absolute atomic E-state index is 0.223. The number of sulfonamides is 1. The van der Waals surface area contributed by atoms with E-state index in [-0.39, 0.29) is 10.6 Å². The second kappa shape index (κ2) is 7.53. The fourth-order valence-electron chi connectivity index (χ4n) is 1.49. The predicted molar refractivity (Wildman–Crippen MR) is 75.8 cm³/mol. The Morgan fingerprint density at radius 3 is 2.46 bits per heavy atom. The van der Waals surface area contributed by atoms with Gasteiger partial charge in [0.05, 0.1) is 23.7 Å². The molecule has 1 atom stereocenters.